The van der Waals surface area contributed by atoms with E-state index in [4.69, 9.17) is 21.1 Å². The smallest absolute Gasteiger partial charge is 0.376 e. The Kier molecular flexibility index (Phi) is 4.43. The van der Waals surface area contributed by atoms with Crippen LogP contribution in [-0.2, 0) is 15.7 Å². The molecule has 0 saturated carbocycles. The lowest BCUT2D eigenvalue weighted by atomic mass is 10.3. The molecule has 0 aliphatic carbocycles. The average Bonchev–Trinajstić information content (AvgIpc) is 2.36. The Labute approximate surface area is 112 Å². The Balaban J connectivity index is 2.01. The summed E-state index contributed by atoms with van der Waals surface area (Å²) in [6, 6.07) is 1.22. The van der Waals surface area contributed by atoms with Crippen LogP contribution in [0.15, 0.2) is 6.07 Å². The lowest BCUT2D eigenvalue weighted by Gasteiger charge is -2.23. The number of alkyl halides is 3. The van der Waals surface area contributed by atoms with Crippen LogP contribution in [0.5, 0.6) is 0 Å². The third kappa shape index (κ3) is 4.19. The summed E-state index contributed by atoms with van der Waals surface area (Å²) in [4.78, 5) is 6.49. The first-order valence-corrected chi connectivity index (χ1v) is 5.88. The lowest BCUT2D eigenvalue weighted by molar-refractivity contribution is -0.144. The summed E-state index contributed by atoms with van der Waals surface area (Å²) < 4.78 is 48.0. The zero-order valence-corrected chi connectivity index (χ0v) is 10.5. The monoisotopic (exact) mass is 297 g/mol. The Morgan fingerprint density at radius 3 is 2.79 bits per heavy atom. The van der Waals surface area contributed by atoms with E-state index in [1.807, 2.05) is 0 Å². The summed E-state index contributed by atoms with van der Waals surface area (Å²) >= 11 is 5.53. The molecule has 0 spiro atoms. The second-order valence-corrected chi connectivity index (χ2v) is 4.23. The van der Waals surface area contributed by atoms with Gasteiger partial charge in [-0.25, -0.2) is 9.97 Å². The van der Waals surface area contributed by atoms with Crippen molar-refractivity contribution in [3.63, 3.8) is 0 Å². The second kappa shape index (κ2) is 5.89. The molecule has 1 saturated heterocycles. The predicted molar refractivity (Wildman–Crippen MR) is 61.1 cm³/mol. The molecule has 1 N–H and O–H groups in total. The van der Waals surface area contributed by atoms with Crippen LogP contribution in [0.4, 0.5) is 19.0 Å². The predicted octanol–water partition coefficient (Wildman–Crippen LogP) is 1.98. The molecule has 1 aromatic rings. The highest BCUT2D eigenvalue weighted by Gasteiger charge is 2.35. The van der Waals surface area contributed by atoms with Crippen LogP contribution in [0.3, 0.4) is 0 Å². The van der Waals surface area contributed by atoms with Crippen LogP contribution in [0, 0.1) is 0 Å². The summed E-state index contributed by atoms with van der Waals surface area (Å²) in [6.07, 6.45) is -4.86. The third-order valence-electron chi connectivity index (χ3n) is 2.34. The molecule has 19 heavy (non-hydrogen) atoms. The van der Waals surface area contributed by atoms with Gasteiger partial charge in [-0.3, -0.25) is 0 Å². The van der Waals surface area contributed by atoms with Gasteiger partial charge in [0.05, 0.1) is 25.9 Å². The Bertz CT molecular complexity index is 439. The molecule has 106 valence electrons. The molecular formula is C10H11ClF3N3O2. The second-order valence-electron chi connectivity index (χ2n) is 3.85. The zero-order valence-electron chi connectivity index (χ0n) is 9.71. The van der Waals surface area contributed by atoms with Gasteiger partial charge in [-0.05, 0) is 0 Å². The molecule has 2 heterocycles. The molecule has 0 bridgehead atoms. The van der Waals surface area contributed by atoms with Gasteiger partial charge in [-0.1, -0.05) is 11.6 Å². The van der Waals surface area contributed by atoms with Crippen molar-refractivity contribution in [3.8, 4) is 0 Å². The van der Waals surface area contributed by atoms with Crippen LogP contribution in [0.25, 0.3) is 0 Å². The van der Waals surface area contributed by atoms with E-state index in [0.717, 1.165) is 0 Å². The summed E-state index contributed by atoms with van der Waals surface area (Å²) in [5.41, 5.74) is 0. The molecule has 1 aromatic heterocycles. The van der Waals surface area contributed by atoms with Gasteiger partial charge in [0.2, 0.25) is 5.82 Å². The maximum atomic E-state index is 12.5. The summed E-state index contributed by atoms with van der Waals surface area (Å²) in [5.74, 6) is -1.27. The van der Waals surface area contributed by atoms with Crippen LogP contribution in [0.1, 0.15) is 5.82 Å². The van der Waals surface area contributed by atoms with Crippen LogP contribution in [-0.4, -0.2) is 42.4 Å². The van der Waals surface area contributed by atoms with E-state index >= 15 is 0 Å². The van der Waals surface area contributed by atoms with Crippen molar-refractivity contribution >= 4 is 17.4 Å². The van der Waals surface area contributed by atoms with Crippen molar-refractivity contribution in [1.82, 2.24) is 9.97 Å². The summed E-state index contributed by atoms with van der Waals surface area (Å²) in [5, 5.41) is 2.45. The van der Waals surface area contributed by atoms with Gasteiger partial charge in [0.25, 0.3) is 0 Å². The van der Waals surface area contributed by atoms with Crippen LogP contribution >= 0.6 is 11.6 Å². The van der Waals surface area contributed by atoms with Gasteiger partial charge in [0.1, 0.15) is 11.0 Å². The Hall–Kier alpha value is -1.12. The normalized spacial score (nSPS) is 20.3. The maximum absolute atomic E-state index is 12.5. The van der Waals surface area contributed by atoms with Crippen molar-refractivity contribution in [1.29, 1.82) is 0 Å². The molecule has 0 radical (unpaired) electrons. The molecule has 1 aliphatic heterocycles. The minimum Gasteiger partial charge on any atom is -0.376 e. The van der Waals surface area contributed by atoms with Crippen molar-refractivity contribution in [2.75, 3.05) is 31.7 Å². The number of nitrogens with one attached hydrogen (secondary N) is 1. The summed E-state index contributed by atoms with van der Waals surface area (Å²) in [6.45, 7) is 1.65. The molecule has 1 atom stereocenters. The fraction of sp³-hybridized carbons (Fsp3) is 0.600. The average molecular weight is 298 g/mol. The molecule has 0 amide bonds. The highest BCUT2D eigenvalue weighted by molar-refractivity contribution is 6.29. The van der Waals surface area contributed by atoms with E-state index < -0.39 is 12.0 Å². The fourth-order valence-corrected chi connectivity index (χ4v) is 1.69. The van der Waals surface area contributed by atoms with E-state index in [-0.39, 0.29) is 23.6 Å². The molecule has 1 aliphatic rings. The van der Waals surface area contributed by atoms with E-state index in [1.165, 1.54) is 6.07 Å². The van der Waals surface area contributed by atoms with Crippen molar-refractivity contribution in [2.45, 2.75) is 12.3 Å². The van der Waals surface area contributed by atoms with E-state index in [1.54, 1.807) is 0 Å². The van der Waals surface area contributed by atoms with Crippen molar-refractivity contribution in [3.05, 3.63) is 17.0 Å². The van der Waals surface area contributed by atoms with Gasteiger partial charge in [-0.15, -0.1) is 0 Å². The Morgan fingerprint density at radius 1 is 1.37 bits per heavy atom. The molecule has 9 heteroatoms. The molecule has 2 rings (SSSR count). The van der Waals surface area contributed by atoms with Crippen molar-refractivity contribution < 1.29 is 22.6 Å². The molecule has 1 fully saturated rings. The number of hydrogen-bond donors (Lipinski definition) is 1. The first kappa shape index (κ1) is 14.3. The molecule has 5 nitrogen and oxygen atoms in total. The molecule has 0 aromatic carbocycles. The van der Waals surface area contributed by atoms with Gasteiger partial charge in [0, 0.05) is 12.6 Å². The van der Waals surface area contributed by atoms with Crippen LogP contribution < -0.4 is 5.32 Å². The quantitative estimate of drug-likeness (QED) is 0.865. The first-order chi connectivity index (χ1) is 8.95. The third-order valence-corrected chi connectivity index (χ3v) is 2.54. The van der Waals surface area contributed by atoms with E-state index in [9.17, 15) is 13.2 Å². The lowest BCUT2D eigenvalue weighted by Crippen LogP contribution is -2.34. The van der Waals surface area contributed by atoms with E-state index in [0.29, 0.717) is 19.8 Å². The number of halogens is 4. The minimum atomic E-state index is -4.63. The van der Waals surface area contributed by atoms with Crippen molar-refractivity contribution in [2.24, 2.45) is 0 Å². The Morgan fingerprint density at radius 2 is 2.16 bits per heavy atom. The highest BCUT2D eigenvalue weighted by Crippen LogP contribution is 2.28. The topological polar surface area (TPSA) is 56.3 Å². The highest BCUT2D eigenvalue weighted by atomic mass is 35.5. The van der Waals surface area contributed by atoms with Gasteiger partial charge >= 0.3 is 6.18 Å². The SMILES string of the molecule is FC(F)(F)c1nc(Cl)cc(NCC2COCCO2)n1. The van der Waals surface area contributed by atoms with Gasteiger partial charge < -0.3 is 14.8 Å². The fourth-order valence-electron chi connectivity index (χ4n) is 1.51. The molecular weight excluding hydrogens is 287 g/mol. The number of hydrogen-bond acceptors (Lipinski definition) is 5. The number of nitrogens with zero attached hydrogens (tertiary/aromatic N) is 2. The molecule has 1 unspecified atom stereocenters. The largest absolute Gasteiger partial charge is 0.451 e. The number of anilines is 1. The zero-order chi connectivity index (χ0) is 13.9. The number of aromatic nitrogens is 2. The van der Waals surface area contributed by atoms with E-state index in [2.05, 4.69) is 15.3 Å². The summed E-state index contributed by atoms with van der Waals surface area (Å²) in [7, 11) is 0. The number of rotatable bonds is 3. The maximum Gasteiger partial charge on any atom is 0.451 e. The van der Waals surface area contributed by atoms with Gasteiger partial charge in [0.15, 0.2) is 0 Å². The van der Waals surface area contributed by atoms with Gasteiger partial charge in [-0.2, -0.15) is 13.2 Å². The standard InChI is InChI=1S/C10H11ClF3N3O2/c11-7-3-8(17-9(16-7)10(12,13)14)15-4-6-5-18-1-2-19-6/h3,6H,1-2,4-5H2,(H,15,16,17). The number of ether oxygens (including phenoxy) is 2. The first-order valence-electron chi connectivity index (χ1n) is 5.50. The van der Waals surface area contributed by atoms with Crippen LogP contribution in [0.2, 0.25) is 5.15 Å². The minimum absolute atomic E-state index is 0.00139.